The largest absolute Gasteiger partial charge is 0.352 e. The van der Waals surface area contributed by atoms with E-state index in [9.17, 15) is 4.79 Å². The van der Waals surface area contributed by atoms with E-state index in [1.807, 2.05) is 30.3 Å². The van der Waals surface area contributed by atoms with Gasteiger partial charge in [-0.05, 0) is 41.8 Å². The lowest BCUT2D eigenvalue weighted by atomic mass is 10.1. The lowest BCUT2D eigenvalue weighted by Crippen LogP contribution is -2.25. The van der Waals surface area contributed by atoms with Crippen molar-refractivity contribution in [2.45, 2.75) is 17.3 Å². The van der Waals surface area contributed by atoms with Crippen LogP contribution < -0.4 is 5.32 Å². The first kappa shape index (κ1) is 18.8. The van der Waals surface area contributed by atoms with Gasteiger partial charge >= 0.3 is 0 Å². The van der Waals surface area contributed by atoms with Crippen LogP contribution in [0.1, 0.15) is 21.5 Å². The van der Waals surface area contributed by atoms with Crippen molar-refractivity contribution in [2.24, 2.45) is 0 Å². The number of nitrogens with one attached hydrogen (secondary N) is 2. The Hall–Kier alpha value is -2.02. The lowest BCUT2D eigenvalue weighted by molar-refractivity contribution is 0.0954. The molecule has 0 aliphatic heterocycles. The lowest BCUT2D eigenvalue weighted by Gasteiger charge is -2.08. The second kappa shape index (κ2) is 9.07. The first-order valence-corrected chi connectivity index (χ1v) is 9.65. The smallest absolute Gasteiger partial charge is 0.251 e. The third kappa shape index (κ3) is 5.24. The molecule has 1 aromatic heterocycles. The van der Waals surface area contributed by atoms with Crippen molar-refractivity contribution in [1.82, 2.24) is 20.5 Å². The van der Waals surface area contributed by atoms with Gasteiger partial charge in [-0.3, -0.25) is 9.89 Å². The molecule has 2 aromatic carbocycles. The number of rotatable bonds is 7. The van der Waals surface area contributed by atoms with E-state index in [2.05, 4.69) is 20.5 Å². The molecule has 0 aliphatic carbocycles. The number of amides is 1. The summed E-state index contributed by atoms with van der Waals surface area (Å²) in [5.74, 6) is 0.649. The molecule has 0 saturated heterocycles. The zero-order chi connectivity index (χ0) is 18.4. The molecule has 1 heterocycles. The van der Waals surface area contributed by atoms with Gasteiger partial charge in [0.25, 0.3) is 5.91 Å². The van der Waals surface area contributed by atoms with Gasteiger partial charge in [-0.15, -0.1) is 0 Å². The Labute approximate surface area is 165 Å². The second-order valence-electron chi connectivity index (χ2n) is 5.52. The van der Waals surface area contributed by atoms with Crippen molar-refractivity contribution in [3.8, 4) is 0 Å². The van der Waals surface area contributed by atoms with E-state index in [-0.39, 0.29) is 5.91 Å². The molecule has 0 aliphatic rings. The van der Waals surface area contributed by atoms with Gasteiger partial charge in [-0.25, -0.2) is 4.98 Å². The van der Waals surface area contributed by atoms with Gasteiger partial charge in [0.2, 0.25) is 0 Å². The molecule has 0 radical (unpaired) electrons. The summed E-state index contributed by atoms with van der Waals surface area (Å²) in [6, 6.07) is 12.9. The summed E-state index contributed by atoms with van der Waals surface area (Å²) >= 11 is 13.6. The Kier molecular flexibility index (Phi) is 6.55. The normalized spacial score (nSPS) is 10.7. The van der Waals surface area contributed by atoms with Crippen molar-refractivity contribution in [1.29, 1.82) is 0 Å². The molecule has 3 aromatic rings. The second-order valence-corrected chi connectivity index (χ2v) is 7.33. The maximum Gasteiger partial charge on any atom is 0.251 e. The Morgan fingerprint density at radius 1 is 1.15 bits per heavy atom. The number of H-pyrrole nitrogens is 1. The number of aromatic amines is 1. The summed E-state index contributed by atoms with van der Waals surface area (Å²) in [6.45, 7) is 0.503. The Morgan fingerprint density at radius 2 is 1.96 bits per heavy atom. The monoisotopic (exact) mass is 406 g/mol. The molecule has 0 bridgehead atoms. The highest BCUT2D eigenvalue weighted by Crippen LogP contribution is 2.21. The predicted molar refractivity (Wildman–Crippen MR) is 105 cm³/mol. The van der Waals surface area contributed by atoms with Crippen LogP contribution in [0.25, 0.3) is 0 Å². The summed E-state index contributed by atoms with van der Waals surface area (Å²) in [4.78, 5) is 16.3. The van der Waals surface area contributed by atoms with E-state index in [1.165, 1.54) is 6.33 Å². The van der Waals surface area contributed by atoms with E-state index < -0.39 is 0 Å². The minimum Gasteiger partial charge on any atom is -0.352 e. The molecule has 26 heavy (non-hydrogen) atoms. The van der Waals surface area contributed by atoms with E-state index in [0.717, 1.165) is 22.0 Å². The minimum atomic E-state index is -0.107. The Balaban J connectivity index is 1.48. The van der Waals surface area contributed by atoms with Crippen LogP contribution in [0.2, 0.25) is 10.0 Å². The molecule has 2 N–H and O–H groups in total. The van der Waals surface area contributed by atoms with E-state index in [0.29, 0.717) is 28.6 Å². The number of thioether (sulfide) groups is 1. The van der Waals surface area contributed by atoms with Gasteiger partial charge in [-0.1, -0.05) is 53.2 Å². The van der Waals surface area contributed by atoms with Crippen molar-refractivity contribution >= 4 is 40.9 Å². The summed E-state index contributed by atoms with van der Waals surface area (Å²) < 4.78 is 0. The van der Waals surface area contributed by atoms with Gasteiger partial charge in [-0.2, -0.15) is 5.10 Å². The van der Waals surface area contributed by atoms with Crippen LogP contribution in [0.5, 0.6) is 0 Å². The predicted octanol–water partition coefficient (Wildman–Crippen LogP) is 4.38. The number of benzene rings is 2. The third-order valence-corrected chi connectivity index (χ3v) is 5.21. The summed E-state index contributed by atoms with van der Waals surface area (Å²) in [6.07, 6.45) is 2.13. The Bertz CT molecular complexity index is 869. The van der Waals surface area contributed by atoms with Gasteiger partial charge in [0.05, 0.1) is 0 Å². The molecule has 8 heteroatoms. The van der Waals surface area contributed by atoms with Crippen LogP contribution in [-0.4, -0.2) is 27.6 Å². The minimum absolute atomic E-state index is 0.107. The maximum absolute atomic E-state index is 12.2. The molecular weight excluding hydrogens is 391 g/mol. The summed E-state index contributed by atoms with van der Waals surface area (Å²) in [7, 11) is 0. The van der Waals surface area contributed by atoms with Crippen molar-refractivity contribution in [3.63, 3.8) is 0 Å². The van der Waals surface area contributed by atoms with Crippen LogP contribution in [0, 0.1) is 0 Å². The topological polar surface area (TPSA) is 70.7 Å². The molecule has 0 unspecified atom stereocenters. The molecule has 0 fully saturated rings. The highest BCUT2D eigenvalue weighted by Gasteiger charge is 2.07. The quantitative estimate of drug-likeness (QED) is 0.571. The van der Waals surface area contributed by atoms with E-state index in [1.54, 1.807) is 23.9 Å². The molecule has 0 saturated carbocycles. The number of aromatic nitrogens is 3. The average Bonchev–Trinajstić information content (AvgIpc) is 3.16. The first-order chi connectivity index (χ1) is 12.6. The van der Waals surface area contributed by atoms with Gasteiger partial charge < -0.3 is 5.32 Å². The fourth-order valence-corrected chi connectivity index (χ4v) is 3.54. The highest BCUT2D eigenvalue weighted by atomic mass is 35.5. The number of halogens is 2. The summed E-state index contributed by atoms with van der Waals surface area (Å²) in [5.41, 5.74) is 2.69. The average molecular weight is 407 g/mol. The van der Waals surface area contributed by atoms with Gasteiger partial charge in [0.1, 0.15) is 6.33 Å². The Morgan fingerprint density at radius 3 is 2.65 bits per heavy atom. The molecule has 134 valence electrons. The summed E-state index contributed by atoms with van der Waals surface area (Å²) in [5, 5.41) is 11.5. The molecule has 0 atom stereocenters. The highest BCUT2D eigenvalue weighted by molar-refractivity contribution is 7.98. The number of carbonyl (C=O) groups is 1. The number of hydrogen-bond acceptors (Lipinski definition) is 4. The van der Waals surface area contributed by atoms with Crippen LogP contribution in [0.15, 0.2) is 53.9 Å². The van der Waals surface area contributed by atoms with Crippen molar-refractivity contribution in [2.75, 3.05) is 6.54 Å². The molecular formula is C18H16Cl2N4OS. The maximum atomic E-state index is 12.2. The number of nitrogens with zero attached hydrogens (tertiary/aromatic N) is 2. The number of carbonyl (C=O) groups excluding carboxylic acids is 1. The standard InChI is InChI=1S/C18H16Cl2N4OS/c19-15-6-5-13(16(20)9-15)7-8-21-17(25)14-3-1-12(2-4-14)10-26-18-22-11-23-24-18/h1-6,9,11H,7-8,10H2,(H,21,25)(H,22,23,24). The first-order valence-electron chi connectivity index (χ1n) is 7.91. The number of hydrogen-bond donors (Lipinski definition) is 2. The van der Waals surface area contributed by atoms with E-state index in [4.69, 9.17) is 23.2 Å². The molecule has 1 amide bonds. The fourth-order valence-electron chi connectivity index (χ4n) is 2.31. The van der Waals surface area contributed by atoms with Crippen LogP contribution in [0.3, 0.4) is 0 Å². The zero-order valence-electron chi connectivity index (χ0n) is 13.7. The van der Waals surface area contributed by atoms with Gasteiger partial charge in [0.15, 0.2) is 5.16 Å². The van der Waals surface area contributed by atoms with E-state index >= 15 is 0 Å². The third-order valence-electron chi connectivity index (χ3n) is 3.68. The fraction of sp³-hybridized carbons (Fsp3) is 0.167. The molecule has 5 nitrogen and oxygen atoms in total. The SMILES string of the molecule is O=C(NCCc1ccc(Cl)cc1Cl)c1ccc(CSc2ncn[nH]2)cc1. The van der Waals surface area contributed by atoms with Crippen LogP contribution >= 0.6 is 35.0 Å². The van der Waals surface area contributed by atoms with Crippen LogP contribution in [-0.2, 0) is 12.2 Å². The van der Waals surface area contributed by atoms with Crippen LogP contribution in [0.4, 0.5) is 0 Å². The van der Waals surface area contributed by atoms with Crippen molar-refractivity contribution in [3.05, 3.63) is 75.5 Å². The zero-order valence-corrected chi connectivity index (χ0v) is 16.0. The molecule has 3 rings (SSSR count). The van der Waals surface area contributed by atoms with Crippen molar-refractivity contribution < 1.29 is 4.79 Å². The molecule has 0 spiro atoms. The van der Waals surface area contributed by atoms with Gasteiger partial charge in [0, 0.05) is 27.9 Å².